The maximum absolute atomic E-state index is 13.7. The first-order valence-corrected chi connectivity index (χ1v) is 19.9. The lowest BCUT2D eigenvalue weighted by Crippen LogP contribution is -2.45. The van der Waals surface area contributed by atoms with E-state index in [1.165, 1.54) is 0 Å². The molecule has 4 rings (SSSR count). The molecule has 2 atom stereocenters. The van der Waals surface area contributed by atoms with E-state index in [9.17, 15) is 9.59 Å². The molecule has 0 N–H and O–H groups in total. The Kier molecular flexibility index (Phi) is 18.5. The highest BCUT2D eigenvalue weighted by Gasteiger charge is 2.31. The third-order valence-electron chi connectivity index (χ3n) is 9.26. The molecule has 0 radical (unpaired) electrons. The van der Waals surface area contributed by atoms with E-state index in [2.05, 4.69) is 37.5 Å². The van der Waals surface area contributed by atoms with Gasteiger partial charge in [0.05, 0.1) is 14.2 Å². The molecule has 10 nitrogen and oxygen atoms in total. The van der Waals surface area contributed by atoms with Crippen LogP contribution in [0.4, 0.5) is 0 Å². The van der Waals surface area contributed by atoms with Gasteiger partial charge in [0, 0.05) is 39.0 Å². The molecule has 0 heterocycles. The number of hydrogen-bond donors (Lipinski definition) is 0. The van der Waals surface area contributed by atoms with Crippen LogP contribution in [0.25, 0.3) is 0 Å². The predicted molar refractivity (Wildman–Crippen MR) is 219 cm³/mol. The van der Waals surface area contributed by atoms with Crippen molar-refractivity contribution in [1.82, 2.24) is 9.80 Å². The summed E-state index contributed by atoms with van der Waals surface area (Å²) < 4.78 is 35.7. The second-order valence-corrected chi connectivity index (χ2v) is 13.7. The maximum Gasteiger partial charge on any atom is 0.419 e. The minimum atomic E-state index is -1.03. The van der Waals surface area contributed by atoms with Crippen molar-refractivity contribution in [3.8, 4) is 23.0 Å². The predicted octanol–water partition coefficient (Wildman–Crippen LogP) is 8.63. The smallest absolute Gasteiger partial charge is 0.419 e. The van der Waals surface area contributed by atoms with Crippen molar-refractivity contribution in [2.24, 2.45) is 0 Å². The summed E-state index contributed by atoms with van der Waals surface area (Å²) in [5.41, 5.74) is 3.80. The van der Waals surface area contributed by atoms with E-state index in [0.717, 1.165) is 47.9 Å². The highest BCUT2D eigenvalue weighted by atomic mass is 16.6. The number of benzene rings is 4. The van der Waals surface area contributed by atoms with E-state index in [4.69, 9.17) is 28.4 Å². The first kappa shape index (κ1) is 43.7. The molecule has 0 saturated carbocycles. The van der Waals surface area contributed by atoms with Crippen LogP contribution in [-0.4, -0.2) is 74.6 Å². The largest absolute Gasteiger partial charge is 0.493 e. The van der Waals surface area contributed by atoms with Gasteiger partial charge in [0.15, 0.2) is 35.5 Å². The second-order valence-electron chi connectivity index (χ2n) is 13.7. The Morgan fingerprint density at radius 1 is 0.482 bits per heavy atom. The van der Waals surface area contributed by atoms with E-state index in [-0.39, 0.29) is 0 Å². The molecule has 2 unspecified atom stereocenters. The Morgan fingerprint density at radius 2 is 0.839 bits per heavy atom. The monoisotopic (exact) mass is 768 g/mol. The summed E-state index contributed by atoms with van der Waals surface area (Å²) in [5, 5.41) is 0. The summed E-state index contributed by atoms with van der Waals surface area (Å²) in [7, 11) is 3.21. The number of rotatable bonds is 24. The van der Waals surface area contributed by atoms with Crippen LogP contribution in [0.3, 0.4) is 0 Å². The van der Waals surface area contributed by atoms with Gasteiger partial charge in [-0.15, -0.1) is 0 Å². The van der Waals surface area contributed by atoms with Gasteiger partial charge in [0.2, 0.25) is 0 Å². The molecular formula is C46H60N2O8. The normalized spacial score (nSPS) is 12.2. The topological polar surface area (TPSA) is 96.0 Å². The quantitative estimate of drug-likeness (QED) is 0.0392. The van der Waals surface area contributed by atoms with Gasteiger partial charge in [0.1, 0.15) is 13.2 Å². The molecule has 0 aliphatic carbocycles. The SMILES string of the molecule is CCCN(CCC)C(Cc1ccc(OC)c(OCc2ccccc2)c1)OC(=O)C(=O)OC(Cc1ccc(OC)c(OCc2ccccc2)c1)N(CCC)CCC. The summed E-state index contributed by atoms with van der Waals surface area (Å²) in [6.07, 6.45) is 2.63. The molecule has 0 bridgehead atoms. The molecule has 4 aromatic carbocycles. The number of hydrogen-bond acceptors (Lipinski definition) is 10. The number of ether oxygens (including phenoxy) is 6. The van der Waals surface area contributed by atoms with Crippen LogP contribution in [0.5, 0.6) is 23.0 Å². The van der Waals surface area contributed by atoms with Crippen LogP contribution >= 0.6 is 0 Å². The number of carbonyl (C=O) groups is 2. The summed E-state index contributed by atoms with van der Waals surface area (Å²) >= 11 is 0. The molecule has 0 spiro atoms. The molecule has 0 saturated heterocycles. The Labute approximate surface area is 333 Å². The van der Waals surface area contributed by atoms with E-state index >= 15 is 0 Å². The number of methoxy groups -OCH3 is 2. The van der Waals surface area contributed by atoms with Gasteiger partial charge >= 0.3 is 11.9 Å². The summed E-state index contributed by atoms with van der Waals surface area (Å²) in [4.78, 5) is 31.7. The van der Waals surface area contributed by atoms with Crippen molar-refractivity contribution in [3.63, 3.8) is 0 Å². The Morgan fingerprint density at radius 3 is 1.16 bits per heavy atom. The van der Waals surface area contributed by atoms with Crippen LogP contribution in [0.15, 0.2) is 97.1 Å². The van der Waals surface area contributed by atoms with Gasteiger partial charge in [-0.1, -0.05) is 100 Å². The van der Waals surface area contributed by atoms with Crippen LogP contribution in [0, 0.1) is 0 Å². The third kappa shape index (κ3) is 13.6. The summed E-state index contributed by atoms with van der Waals surface area (Å²) in [6.45, 7) is 11.8. The van der Waals surface area contributed by atoms with Crippen LogP contribution in [0.1, 0.15) is 75.6 Å². The molecule has 0 amide bonds. The third-order valence-corrected chi connectivity index (χ3v) is 9.26. The molecule has 0 aromatic heterocycles. The van der Waals surface area contributed by atoms with Crippen LogP contribution in [-0.2, 0) is 45.1 Å². The van der Waals surface area contributed by atoms with Gasteiger partial charge in [-0.2, -0.15) is 0 Å². The summed E-state index contributed by atoms with van der Waals surface area (Å²) in [5.74, 6) is 0.307. The van der Waals surface area contributed by atoms with Gasteiger partial charge < -0.3 is 28.4 Å². The van der Waals surface area contributed by atoms with Crippen LogP contribution < -0.4 is 18.9 Å². The standard InChI is InChI=1S/C46H60N2O8/c1-7-25-47(26-8-2)43(31-37-21-23-39(51-5)41(29-37)53-33-35-17-13-11-14-18-35)55-45(49)46(50)56-44(48(27-9-3)28-10-4)32-38-22-24-40(52-6)42(30-38)54-34-36-19-15-12-16-20-36/h11-24,29-30,43-44H,7-10,25-28,31-34H2,1-6H3. The first-order valence-electron chi connectivity index (χ1n) is 19.9. The highest BCUT2D eigenvalue weighted by Crippen LogP contribution is 2.31. The Balaban J connectivity index is 1.54. The first-order chi connectivity index (χ1) is 27.3. The zero-order valence-electron chi connectivity index (χ0n) is 34.0. The maximum atomic E-state index is 13.7. The van der Waals surface area contributed by atoms with Gasteiger partial charge in [-0.05, 0) is 72.2 Å². The van der Waals surface area contributed by atoms with E-state index < -0.39 is 24.4 Å². The van der Waals surface area contributed by atoms with E-state index in [0.29, 0.717) is 75.2 Å². The van der Waals surface area contributed by atoms with Crippen molar-refractivity contribution in [2.45, 2.75) is 91.9 Å². The van der Waals surface area contributed by atoms with Crippen LogP contribution in [0.2, 0.25) is 0 Å². The fraction of sp³-hybridized carbons (Fsp3) is 0.435. The molecule has 4 aromatic rings. The fourth-order valence-electron chi connectivity index (χ4n) is 6.58. The van der Waals surface area contributed by atoms with Crippen molar-refractivity contribution in [3.05, 3.63) is 119 Å². The fourth-order valence-corrected chi connectivity index (χ4v) is 6.58. The Bertz CT molecular complexity index is 1610. The number of nitrogens with zero attached hydrogens (tertiary/aromatic N) is 2. The van der Waals surface area contributed by atoms with Gasteiger partial charge in [-0.3, -0.25) is 9.80 Å². The lowest BCUT2D eigenvalue weighted by atomic mass is 10.1. The van der Waals surface area contributed by atoms with Gasteiger partial charge in [-0.25, -0.2) is 9.59 Å². The molecule has 10 heteroatoms. The number of carbonyl (C=O) groups excluding carboxylic acids is 2. The molecule has 0 aliphatic heterocycles. The zero-order chi connectivity index (χ0) is 40.1. The molecule has 302 valence electrons. The molecule has 56 heavy (non-hydrogen) atoms. The van der Waals surface area contributed by atoms with Gasteiger partial charge in [0.25, 0.3) is 0 Å². The average Bonchev–Trinajstić information content (AvgIpc) is 3.22. The van der Waals surface area contributed by atoms with Crippen molar-refractivity contribution < 1.29 is 38.0 Å². The van der Waals surface area contributed by atoms with E-state index in [1.54, 1.807) is 14.2 Å². The average molecular weight is 769 g/mol. The zero-order valence-corrected chi connectivity index (χ0v) is 34.0. The van der Waals surface area contributed by atoms with Crippen molar-refractivity contribution >= 4 is 11.9 Å². The molecule has 0 fully saturated rings. The lowest BCUT2D eigenvalue weighted by molar-refractivity contribution is -0.185. The molecule has 0 aliphatic rings. The minimum absolute atomic E-state index is 0.337. The molecular weight excluding hydrogens is 709 g/mol. The lowest BCUT2D eigenvalue weighted by Gasteiger charge is -2.32. The number of esters is 2. The van der Waals surface area contributed by atoms with Crippen molar-refractivity contribution in [2.75, 3.05) is 40.4 Å². The van der Waals surface area contributed by atoms with E-state index in [1.807, 2.05) is 97.1 Å². The minimum Gasteiger partial charge on any atom is -0.493 e. The highest BCUT2D eigenvalue weighted by molar-refractivity contribution is 6.29. The summed E-state index contributed by atoms with van der Waals surface area (Å²) in [6, 6.07) is 31.2. The van der Waals surface area contributed by atoms with Crippen molar-refractivity contribution in [1.29, 1.82) is 0 Å². The Hall–Kier alpha value is -5.06. The second kappa shape index (κ2) is 23.8.